The first kappa shape index (κ1) is 20.6. The van der Waals surface area contributed by atoms with Gasteiger partial charge >= 0.3 is 0 Å². The molecule has 0 radical (unpaired) electrons. The van der Waals surface area contributed by atoms with Crippen molar-refractivity contribution in [1.82, 2.24) is 10.2 Å². The molecule has 2 aromatic rings. The summed E-state index contributed by atoms with van der Waals surface area (Å²) < 4.78 is 5.72. The minimum atomic E-state index is 0.0880. The first-order valence-corrected chi connectivity index (χ1v) is 10.1. The standard InChI is InChI=1S/C24H32N2O2/c1-16-10-18(3)23(11-17(16)2)13-25-12-21-6-8-22(9-7-21)24(27)26-14-19(4)28-20(5)15-26/h6-11,19-20,25H,12-15H2,1-5H3. The molecule has 1 aliphatic heterocycles. The fourth-order valence-electron chi connectivity index (χ4n) is 3.84. The van der Waals surface area contributed by atoms with Crippen LogP contribution in [0.4, 0.5) is 0 Å². The Morgan fingerprint density at radius 1 is 0.964 bits per heavy atom. The fraction of sp³-hybridized carbons (Fsp3) is 0.458. The molecule has 1 aliphatic rings. The smallest absolute Gasteiger partial charge is 0.254 e. The van der Waals surface area contributed by atoms with E-state index in [1.54, 1.807) is 0 Å². The van der Waals surface area contributed by atoms with Crippen LogP contribution in [0.3, 0.4) is 0 Å². The highest BCUT2D eigenvalue weighted by Gasteiger charge is 2.26. The van der Waals surface area contributed by atoms with E-state index in [9.17, 15) is 4.79 Å². The molecule has 3 rings (SSSR count). The Balaban J connectivity index is 1.56. The highest BCUT2D eigenvalue weighted by molar-refractivity contribution is 5.94. The van der Waals surface area contributed by atoms with E-state index < -0.39 is 0 Å². The van der Waals surface area contributed by atoms with Gasteiger partial charge in [0.15, 0.2) is 0 Å². The number of rotatable bonds is 5. The van der Waals surface area contributed by atoms with Crippen LogP contribution in [0.1, 0.15) is 52.0 Å². The van der Waals surface area contributed by atoms with Gasteiger partial charge in [0.05, 0.1) is 12.2 Å². The number of carbonyl (C=O) groups excluding carboxylic acids is 1. The lowest BCUT2D eigenvalue weighted by Crippen LogP contribution is -2.48. The Morgan fingerprint density at radius 3 is 2.21 bits per heavy atom. The maximum atomic E-state index is 12.8. The van der Waals surface area contributed by atoms with Crippen molar-refractivity contribution in [3.05, 3.63) is 69.8 Å². The lowest BCUT2D eigenvalue weighted by molar-refractivity contribution is -0.0586. The normalized spacial score (nSPS) is 19.7. The Labute approximate surface area is 168 Å². The molecule has 1 N–H and O–H groups in total. The summed E-state index contributed by atoms with van der Waals surface area (Å²) in [5, 5.41) is 3.52. The average molecular weight is 381 g/mol. The number of hydrogen-bond acceptors (Lipinski definition) is 3. The highest BCUT2D eigenvalue weighted by Crippen LogP contribution is 2.17. The predicted octanol–water partition coefficient (Wildman–Crippen LogP) is 4.15. The lowest BCUT2D eigenvalue weighted by atomic mass is 10.0. The third-order valence-corrected chi connectivity index (χ3v) is 5.50. The Hall–Kier alpha value is -2.17. The zero-order valence-electron chi connectivity index (χ0n) is 17.7. The van der Waals surface area contributed by atoms with Gasteiger partial charge in [-0.25, -0.2) is 0 Å². The number of carbonyl (C=O) groups is 1. The van der Waals surface area contributed by atoms with E-state index >= 15 is 0 Å². The van der Waals surface area contributed by atoms with E-state index in [0.29, 0.717) is 13.1 Å². The zero-order valence-corrected chi connectivity index (χ0v) is 17.7. The number of hydrogen-bond donors (Lipinski definition) is 1. The molecule has 150 valence electrons. The highest BCUT2D eigenvalue weighted by atomic mass is 16.5. The first-order valence-electron chi connectivity index (χ1n) is 10.1. The van der Waals surface area contributed by atoms with Crippen LogP contribution in [0.5, 0.6) is 0 Å². The van der Waals surface area contributed by atoms with E-state index in [1.165, 1.54) is 27.8 Å². The van der Waals surface area contributed by atoms with Crippen molar-refractivity contribution in [1.29, 1.82) is 0 Å². The number of aryl methyl sites for hydroxylation is 3. The second-order valence-corrected chi connectivity index (χ2v) is 8.13. The average Bonchev–Trinajstić information content (AvgIpc) is 2.65. The van der Waals surface area contributed by atoms with Gasteiger partial charge in [-0.3, -0.25) is 4.79 Å². The molecule has 0 aromatic heterocycles. The molecule has 1 saturated heterocycles. The Kier molecular flexibility index (Phi) is 6.53. The van der Waals surface area contributed by atoms with Crippen molar-refractivity contribution >= 4 is 5.91 Å². The topological polar surface area (TPSA) is 41.6 Å². The molecular formula is C24H32N2O2. The van der Waals surface area contributed by atoms with Crippen molar-refractivity contribution in [2.75, 3.05) is 13.1 Å². The van der Waals surface area contributed by atoms with Crippen molar-refractivity contribution in [3.63, 3.8) is 0 Å². The maximum Gasteiger partial charge on any atom is 0.254 e. The summed E-state index contributed by atoms with van der Waals surface area (Å²) in [6, 6.07) is 12.5. The van der Waals surface area contributed by atoms with Gasteiger partial charge in [-0.2, -0.15) is 0 Å². The van der Waals surface area contributed by atoms with Gasteiger partial charge in [0.1, 0.15) is 0 Å². The third-order valence-electron chi connectivity index (χ3n) is 5.50. The van der Waals surface area contributed by atoms with Gasteiger partial charge in [-0.1, -0.05) is 24.3 Å². The lowest BCUT2D eigenvalue weighted by Gasteiger charge is -2.35. The van der Waals surface area contributed by atoms with Crippen LogP contribution in [0.15, 0.2) is 36.4 Å². The second-order valence-electron chi connectivity index (χ2n) is 8.13. The monoisotopic (exact) mass is 380 g/mol. The Bertz CT molecular complexity index is 819. The summed E-state index contributed by atoms with van der Waals surface area (Å²) in [7, 11) is 0. The van der Waals surface area contributed by atoms with Crippen molar-refractivity contribution in [3.8, 4) is 0 Å². The molecule has 0 bridgehead atoms. The minimum Gasteiger partial charge on any atom is -0.372 e. The van der Waals surface area contributed by atoms with Crippen molar-refractivity contribution in [2.45, 2.75) is 59.9 Å². The Morgan fingerprint density at radius 2 is 1.57 bits per heavy atom. The molecule has 1 amide bonds. The fourth-order valence-corrected chi connectivity index (χ4v) is 3.84. The number of nitrogens with zero attached hydrogens (tertiary/aromatic N) is 1. The molecule has 4 heteroatoms. The quantitative estimate of drug-likeness (QED) is 0.847. The minimum absolute atomic E-state index is 0.0880. The molecule has 1 heterocycles. The molecule has 2 aromatic carbocycles. The van der Waals surface area contributed by atoms with Gasteiger partial charge in [-0.05, 0) is 74.6 Å². The molecule has 0 aliphatic carbocycles. The van der Waals surface area contributed by atoms with Gasteiger partial charge in [0.2, 0.25) is 0 Å². The molecular weight excluding hydrogens is 348 g/mol. The summed E-state index contributed by atoms with van der Waals surface area (Å²) in [6.45, 7) is 13.4. The second kappa shape index (κ2) is 8.89. The maximum absolute atomic E-state index is 12.8. The van der Waals surface area contributed by atoms with E-state index in [2.05, 4.69) is 38.2 Å². The number of morpholine rings is 1. The van der Waals surface area contributed by atoms with Crippen molar-refractivity contribution < 1.29 is 9.53 Å². The summed E-state index contributed by atoms with van der Waals surface area (Å²) in [6.07, 6.45) is 0.176. The molecule has 1 fully saturated rings. The zero-order chi connectivity index (χ0) is 20.3. The van der Waals surface area contributed by atoms with Crippen LogP contribution in [0, 0.1) is 20.8 Å². The third kappa shape index (κ3) is 5.00. The van der Waals surface area contributed by atoms with Crippen LogP contribution >= 0.6 is 0 Å². The summed E-state index contributed by atoms with van der Waals surface area (Å²) in [5.41, 5.74) is 7.26. The van der Waals surface area contributed by atoms with E-state index in [-0.39, 0.29) is 18.1 Å². The van der Waals surface area contributed by atoms with E-state index in [1.807, 2.05) is 43.0 Å². The molecule has 2 unspecified atom stereocenters. The van der Waals surface area contributed by atoms with Crippen LogP contribution in [-0.4, -0.2) is 36.1 Å². The number of ether oxygens (including phenoxy) is 1. The van der Waals surface area contributed by atoms with Crippen molar-refractivity contribution in [2.24, 2.45) is 0 Å². The molecule has 28 heavy (non-hydrogen) atoms. The molecule has 0 spiro atoms. The SMILES string of the molecule is Cc1cc(C)c(CNCc2ccc(C(=O)N3CC(C)OC(C)C3)cc2)cc1C. The predicted molar refractivity (Wildman–Crippen MR) is 114 cm³/mol. The number of nitrogens with one attached hydrogen (secondary N) is 1. The summed E-state index contributed by atoms with van der Waals surface area (Å²) >= 11 is 0. The first-order chi connectivity index (χ1) is 13.3. The van der Waals surface area contributed by atoms with Gasteiger partial charge in [0, 0.05) is 31.7 Å². The van der Waals surface area contributed by atoms with Gasteiger partial charge < -0.3 is 15.0 Å². The van der Waals surface area contributed by atoms with Crippen LogP contribution in [0.25, 0.3) is 0 Å². The largest absolute Gasteiger partial charge is 0.372 e. The van der Waals surface area contributed by atoms with E-state index in [4.69, 9.17) is 4.74 Å². The van der Waals surface area contributed by atoms with Crippen LogP contribution in [0.2, 0.25) is 0 Å². The number of benzene rings is 2. The number of amides is 1. The van der Waals surface area contributed by atoms with Gasteiger partial charge in [-0.15, -0.1) is 0 Å². The van der Waals surface area contributed by atoms with Crippen LogP contribution < -0.4 is 5.32 Å². The molecule has 0 saturated carbocycles. The molecule has 2 atom stereocenters. The van der Waals surface area contributed by atoms with E-state index in [0.717, 1.165) is 18.7 Å². The summed E-state index contributed by atoms with van der Waals surface area (Å²) in [5.74, 6) is 0.0901. The molecule has 4 nitrogen and oxygen atoms in total. The van der Waals surface area contributed by atoms with Gasteiger partial charge in [0.25, 0.3) is 5.91 Å². The summed E-state index contributed by atoms with van der Waals surface area (Å²) in [4.78, 5) is 14.7. The van der Waals surface area contributed by atoms with Crippen LogP contribution in [-0.2, 0) is 17.8 Å².